The van der Waals surface area contributed by atoms with Crippen molar-refractivity contribution in [1.29, 1.82) is 0 Å². The lowest BCUT2D eigenvalue weighted by atomic mass is 10.2. The van der Waals surface area contributed by atoms with Gasteiger partial charge in [0.05, 0.1) is 17.0 Å². The van der Waals surface area contributed by atoms with Gasteiger partial charge in [-0.2, -0.15) is 5.10 Å². The second kappa shape index (κ2) is 3.69. The molecule has 0 aliphatic carbocycles. The predicted molar refractivity (Wildman–Crippen MR) is 47.4 cm³/mol. The smallest absolute Gasteiger partial charge is 0.153 e. The van der Waals surface area contributed by atoms with E-state index >= 15 is 0 Å². The SMILES string of the molecule is CS(=O)(=O)CCc1n[nH]cc1C=O. The summed E-state index contributed by atoms with van der Waals surface area (Å²) in [5.74, 6) is 0.0126. The van der Waals surface area contributed by atoms with Crippen LogP contribution >= 0.6 is 0 Å². The van der Waals surface area contributed by atoms with Gasteiger partial charge in [-0.25, -0.2) is 8.42 Å². The summed E-state index contributed by atoms with van der Waals surface area (Å²) in [5.41, 5.74) is 0.920. The number of aldehydes is 1. The van der Waals surface area contributed by atoms with Gasteiger partial charge < -0.3 is 0 Å². The summed E-state index contributed by atoms with van der Waals surface area (Å²) in [6.45, 7) is 0. The van der Waals surface area contributed by atoms with Gasteiger partial charge in [-0.05, 0) is 0 Å². The Labute approximate surface area is 76.1 Å². The molecule has 0 unspecified atom stereocenters. The van der Waals surface area contributed by atoms with Gasteiger partial charge in [0.1, 0.15) is 9.84 Å². The van der Waals surface area contributed by atoms with Gasteiger partial charge in [0.15, 0.2) is 6.29 Å². The topological polar surface area (TPSA) is 79.9 Å². The molecular formula is C7H10N2O3S. The zero-order valence-electron chi connectivity index (χ0n) is 7.15. The number of nitrogens with zero attached hydrogens (tertiary/aromatic N) is 1. The molecule has 72 valence electrons. The predicted octanol–water partition coefficient (Wildman–Crippen LogP) is -0.191. The van der Waals surface area contributed by atoms with Gasteiger partial charge in [0, 0.05) is 18.9 Å². The highest BCUT2D eigenvalue weighted by atomic mass is 32.2. The number of hydrogen-bond donors (Lipinski definition) is 1. The highest BCUT2D eigenvalue weighted by molar-refractivity contribution is 7.90. The molecule has 0 bridgehead atoms. The van der Waals surface area contributed by atoms with Crippen LogP contribution in [-0.2, 0) is 16.3 Å². The Balaban J connectivity index is 2.70. The van der Waals surface area contributed by atoms with Crippen molar-refractivity contribution < 1.29 is 13.2 Å². The molecule has 0 aliphatic rings. The first kappa shape index (κ1) is 9.91. The van der Waals surface area contributed by atoms with Crippen LogP contribution < -0.4 is 0 Å². The molecule has 0 saturated carbocycles. The lowest BCUT2D eigenvalue weighted by Gasteiger charge is -1.95. The lowest BCUT2D eigenvalue weighted by Crippen LogP contribution is -2.07. The van der Waals surface area contributed by atoms with Crippen molar-refractivity contribution in [3.05, 3.63) is 17.5 Å². The van der Waals surface area contributed by atoms with Crippen LogP contribution in [0, 0.1) is 0 Å². The number of carbonyl (C=O) groups is 1. The average Bonchev–Trinajstić information content (AvgIpc) is 2.46. The normalized spacial score (nSPS) is 11.5. The highest BCUT2D eigenvalue weighted by Crippen LogP contribution is 2.03. The van der Waals surface area contributed by atoms with Crippen LogP contribution in [0.15, 0.2) is 6.20 Å². The third-order valence-corrected chi connectivity index (χ3v) is 2.54. The Morgan fingerprint density at radius 2 is 2.31 bits per heavy atom. The molecular weight excluding hydrogens is 192 g/mol. The molecule has 0 spiro atoms. The van der Waals surface area contributed by atoms with Crippen molar-refractivity contribution in [1.82, 2.24) is 10.2 Å². The fraction of sp³-hybridized carbons (Fsp3) is 0.429. The third kappa shape index (κ3) is 2.98. The maximum absolute atomic E-state index is 10.8. The summed E-state index contributed by atoms with van der Waals surface area (Å²) in [5, 5.41) is 6.28. The second-order valence-electron chi connectivity index (χ2n) is 2.79. The van der Waals surface area contributed by atoms with Crippen LogP contribution in [0.4, 0.5) is 0 Å². The third-order valence-electron chi connectivity index (χ3n) is 1.59. The van der Waals surface area contributed by atoms with Crippen molar-refractivity contribution >= 4 is 16.1 Å². The molecule has 0 saturated heterocycles. The van der Waals surface area contributed by atoms with Crippen molar-refractivity contribution in [3.8, 4) is 0 Å². The number of carbonyl (C=O) groups excluding carboxylic acids is 1. The first-order valence-corrected chi connectivity index (χ1v) is 5.74. The average molecular weight is 202 g/mol. The second-order valence-corrected chi connectivity index (χ2v) is 5.04. The molecule has 1 aromatic rings. The molecule has 1 rings (SSSR count). The molecule has 1 N–H and O–H groups in total. The van der Waals surface area contributed by atoms with Gasteiger partial charge in [0.25, 0.3) is 0 Å². The summed E-state index contributed by atoms with van der Waals surface area (Å²) in [7, 11) is -3.00. The van der Waals surface area contributed by atoms with E-state index in [1.54, 1.807) is 0 Å². The summed E-state index contributed by atoms with van der Waals surface area (Å²) in [4.78, 5) is 10.4. The summed E-state index contributed by atoms with van der Waals surface area (Å²) in [6, 6.07) is 0. The molecule has 0 aliphatic heterocycles. The first-order valence-electron chi connectivity index (χ1n) is 3.68. The molecule has 1 aromatic heterocycles. The van der Waals surface area contributed by atoms with Crippen LogP contribution in [0.5, 0.6) is 0 Å². The minimum absolute atomic E-state index is 0.0126. The molecule has 0 radical (unpaired) electrons. The Morgan fingerprint density at radius 3 is 2.85 bits per heavy atom. The molecule has 0 atom stereocenters. The zero-order chi connectivity index (χ0) is 9.90. The summed E-state index contributed by atoms with van der Waals surface area (Å²) < 4.78 is 21.6. The molecule has 0 fully saturated rings. The number of hydrogen-bond acceptors (Lipinski definition) is 4. The largest absolute Gasteiger partial charge is 0.298 e. The van der Waals surface area contributed by atoms with Crippen molar-refractivity contribution in [2.45, 2.75) is 6.42 Å². The number of nitrogens with one attached hydrogen (secondary N) is 1. The monoisotopic (exact) mass is 202 g/mol. The Bertz CT molecular complexity index is 394. The van der Waals surface area contributed by atoms with Gasteiger partial charge >= 0.3 is 0 Å². The summed E-state index contributed by atoms with van der Waals surface area (Å²) in [6.07, 6.45) is 3.53. The van der Waals surface area contributed by atoms with E-state index in [0.717, 1.165) is 6.26 Å². The zero-order valence-corrected chi connectivity index (χ0v) is 7.97. The lowest BCUT2D eigenvalue weighted by molar-refractivity contribution is 0.112. The van der Waals surface area contributed by atoms with E-state index in [1.807, 2.05) is 0 Å². The maximum atomic E-state index is 10.8. The van der Waals surface area contributed by atoms with Crippen LogP contribution in [-0.4, -0.2) is 36.9 Å². The van der Waals surface area contributed by atoms with Gasteiger partial charge in [-0.3, -0.25) is 9.89 Å². The Hall–Kier alpha value is -1.17. The molecule has 0 amide bonds. The van der Waals surface area contributed by atoms with Crippen LogP contribution in [0.2, 0.25) is 0 Å². The molecule has 13 heavy (non-hydrogen) atoms. The minimum atomic E-state index is -3.00. The number of sulfone groups is 1. The van der Waals surface area contributed by atoms with E-state index in [2.05, 4.69) is 10.2 Å². The van der Waals surface area contributed by atoms with Crippen molar-refractivity contribution in [3.63, 3.8) is 0 Å². The van der Waals surface area contributed by atoms with Crippen molar-refractivity contribution in [2.24, 2.45) is 0 Å². The van der Waals surface area contributed by atoms with E-state index in [9.17, 15) is 13.2 Å². The molecule has 1 heterocycles. The molecule has 6 heteroatoms. The number of H-pyrrole nitrogens is 1. The van der Waals surface area contributed by atoms with Crippen molar-refractivity contribution in [2.75, 3.05) is 12.0 Å². The van der Waals surface area contributed by atoms with Gasteiger partial charge in [-0.1, -0.05) is 0 Å². The minimum Gasteiger partial charge on any atom is -0.298 e. The van der Waals surface area contributed by atoms with E-state index in [4.69, 9.17) is 0 Å². The standard InChI is InChI=1S/C7H10N2O3S/c1-13(11,12)3-2-7-6(5-10)4-8-9-7/h4-5H,2-3H2,1H3,(H,8,9). The van der Waals surface area contributed by atoms with E-state index in [0.29, 0.717) is 17.5 Å². The Morgan fingerprint density at radius 1 is 1.62 bits per heavy atom. The Kier molecular flexibility index (Phi) is 2.82. The highest BCUT2D eigenvalue weighted by Gasteiger charge is 2.08. The fourth-order valence-corrected chi connectivity index (χ4v) is 1.48. The number of aromatic amines is 1. The van der Waals surface area contributed by atoms with E-state index in [1.165, 1.54) is 6.20 Å². The van der Waals surface area contributed by atoms with Gasteiger partial charge in [-0.15, -0.1) is 0 Å². The molecule has 0 aromatic carbocycles. The summed E-state index contributed by atoms with van der Waals surface area (Å²) >= 11 is 0. The number of aryl methyl sites for hydroxylation is 1. The van der Waals surface area contributed by atoms with E-state index in [-0.39, 0.29) is 12.2 Å². The maximum Gasteiger partial charge on any atom is 0.153 e. The van der Waals surface area contributed by atoms with Crippen LogP contribution in [0.3, 0.4) is 0 Å². The van der Waals surface area contributed by atoms with Crippen LogP contribution in [0.25, 0.3) is 0 Å². The van der Waals surface area contributed by atoms with Gasteiger partial charge in [0.2, 0.25) is 0 Å². The first-order chi connectivity index (χ1) is 6.03. The quantitative estimate of drug-likeness (QED) is 0.686. The van der Waals surface area contributed by atoms with E-state index < -0.39 is 9.84 Å². The number of rotatable bonds is 4. The fourth-order valence-electron chi connectivity index (χ4n) is 0.912. The molecule has 5 nitrogen and oxygen atoms in total. The van der Waals surface area contributed by atoms with Crippen LogP contribution in [0.1, 0.15) is 16.1 Å². The number of aromatic nitrogens is 2.